The maximum absolute atomic E-state index is 12.9. The molecule has 4 nitrogen and oxygen atoms in total. The second kappa shape index (κ2) is 9.94. The third kappa shape index (κ3) is 6.15. The van der Waals surface area contributed by atoms with Crippen LogP contribution in [0.2, 0.25) is 0 Å². The first kappa shape index (κ1) is 20.0. The fourth-order valence-corrected chi connectivity index (χ4v) is 3.55. The molecule has 1 atom stereocenters. The Bertz CT molecular complexity index is 373. The van der Waals surface area contributed by atoms with Gasteiger partial charge in [0.25, 0.3) is 0 Å². The summed E-state index contributed by atoms with van der Waals surface area (Å²) in [4.78, 5) is 26.4. The molecule has 0 aromatic heterocycles. The fraction of sp³-hybridized carbons (Fsp3) is 0.895. The van der Waals surface area contributed by atoms with Gasteiger partial charge < -0.3 is 9.64 Å². The molecule has 0 N–H and O–H groups in total. The maximum Gasteiger partial charge on any atom is 0.310 e. The zero-order chi connectivity index (χ0) is 17.4. The minimum atomic E-state index is -0.271. The summed E-state index contributed by atoms with van der Waals surface area (Å²) < 4.78 is 4.79. The van der Waals surface area contributed by atoms with E-state index in [9.17, 15) is 9.59 Å². The van der Waals surface area contributed by atoms with Gasteiger partial charge in [-0.2, -0.15) is 0 Å². The van der Waals surface area contributed by atoms with Crippen LogP contribution in [0, 0.1) is 17.8 Å². The van der Waals surface area contributed by atoms with Crippen molar-refractivity contribution in [1.82, 2.24) is 4.90 Å². The molecule has 0 radical (unpaired) electrons. The van der Waals surface area contributed by atoms with E-state index in [4.69, 9.17) is 4.74 Å². The molecule has 1 amide bonds. The lowest BCUT2D eigenvalue weighted by atomic mass is 9.79. The van der Waals surface area contributed by atoms with E-state index in [-0.39, 0.29) is 29.8 Å². The average Bonchev–Trinajstić information content (AvgIpc) is 2.56. The Hall–Kier alpha value is -1.06. The molecule has 1 fully saturated rings. The van der Waals surface area contributed by atoms with E-state index in [2.05, 4.69) is 6.92 Å². The Labute approximate surface area is 141 Å². The van der Waals surface area contributed by atoms with Gasteiger partial charge in [0.05, 0.1) is 13.0 Å². The molecule has 0 heterocycles. The second-order valence-corrected chi connectivity index (χ2v) is 7.37. The Morgan fingerprint density at radius 2 is 1.74 bits per heavy atom. The van der Waals surface area contributed by atoms with Gasteiger partial charge in [-0.05, 0) is 45.4 Å². The summed E-state index contributed by atoms with van der Waals surface area (Å²) in [5.41, 5.74) is 0. The highest BCUT2D eigenvalue weighted by molar-refractivity contribution is 5.80. The number of hydrogen-bond acceptors (Lipinski definition) is 3. The smallest absolute Gasteiger partial charge is 0.310 e. The quantitative estimate of drug-likeness (QED) is 0.633. The number of nitrogens with zero attached hydrogens (tertiary/aromatic N) is 1. The van der Waals surface area contributed by atoms with E-state index in [1.807, 2.05) is 25.7 Å². The van der Waals surface area contributed by atoms with Gasteiger partial charge >= 0.3 is 5.97 Å². The highest BCUT2D eigenvalue weighted by Crippen LogP contribution is 2.33. The molecular weight excluding hydrogens is 290 g/mol. The predicted octanol–water partition coefficient (Wildman–Crippen LogP) is 4.03. The molecule has 134 valence electrons. The molecule has 0 saturated heterocycles. The summed E-state index contributed by atoms with van der Waals surface area (Å²) >= 11 is 0. The normalized spacial score (nSPS) is 22.7. The molecule has 0 aromatic carbocycles. The van der Waals surface area contributed by atoms with Crippen molar-refractivity contribution in [2.24, 2.45) is 17.8 Å². The third-order valence-electron chi connectivity index (χ3n) is 5.14. The van der Waals surface area contributed by atoms with Crippen molar-refractivity contribution in [3.63, 3.8) is 0 Å². The van der Waals surface area contributed by atoms with Crippen molar-refractivity contribution < 1.29 is 14.3 Å². The van der Waals surface area contributed by atoms with Crippen molar-refractivity contribution in [1.29, 1.82) is 0 Å². The minimum absolute atomic E-state index is 0.118. The predicted molar refractivity (Wildman–Crippen MR) is 93.0 cm³/mol. The van der Waals surface area contributed by atoms with E-state index >= 15 is 0 Å². The van der Waals surface area contributed by atoms with Crippen LogP contribution in [-0.2, 0) is 14.3 Å². The van der Waals surface area contributed by atoms with Crippen LogP contribution >= 0.6 is 0 Å². The van der Waals surface area contributed by atoms with E-state index in [1.54, 1.807) is 0 Å². The molecule has 23 heavy (non-hydrogen) atoms. The van der Waals surface area contributed by atoms with Gasteiger partial charge in [-0.25, -0.2) is 0 Å². The first-order chi connectivity index (χ1) is 10.9. The SMILES string of the molecule is CCCCC1CCC(C(=O)N(CC(C)C(=O)OC)C(C)C)CC1. The number of esters is 1. The first-order valence-electron chi connectivity index (χ1n) is 9.28. The van der Waals surface area contributed by atoms with Crippen LogP contribution in [0.15, 0.2) is 0 Å². The lowest BCUT2D eigenvalue weighted by molar-refractivity contribution is -0.148. The molecule has 1 saturated carbocycles. The summed E-state index contributed by atoms with van der Waals surface area (Å²) in [5.74, 6) is 0.657. The molecule has 1 unspecified atom stereocenters. The fourth-order valence-electron chi connectivity index (χ4n) is 3.55. The van der Waals surface area contributed by atoms with Gasteiger partial charge in [0.15, 0.2) is 0 Å². The van der Waals surface area contributed by atoms with Gasteiger partial charge in [-0.15, -0.1) is 0 Å². The van der Waals surface area contributed by atoms with Gasteiger partial charge in [-0.3, -0.25) is 9.59 Å². The summed E-state index contributed by atoms with van der Waals surface area (Å²) in [6.45, 7) is 8.57. The highest BCUT2D eigenvalue weighted by atomic mass is 16.5. The van der Waals surface area contributed by atoms with E-state index in [0.29, 0.717) is 6.54 Å². The number of amides is 1. The van der Waals surface area contributed by atoms with Crippen molar-refractivity contribution in [3.8, 4) is 0 Å². The number of rotatable bonds is 8. The summed E-state index contributed by atoms with van der Waals surface area (Å²) in [7, 11) is 1.40. The standard InChI is InChI=1S/C19H35NO3/c1-6-7-8-16-9-11-17(12-10-16)18(21)20(14(2)3)13-15(4)19(22)23-5/h14-17H,6-13H2,1-5H3. The first-order valence-corrected chi connectivity index (χ1v) is 9.28. The lowest BCUT2D eigenvalue weighted by Crippen LogP contribution is -2.45. The molecule has 1 aliphatic rings. The number of methoxy groups -OCH3 is 1. The maximum atomic E-state index is 12.9. The molecule has 1 rings (SSSR count). The van der Waals surface area contributed by atoms with Crippen LogP contribution in [0.5, 0.6) is 0 Å². The number of carbonyl (C=O) groups excluding carboxylic acids is 2. The molecule has 0 spiro atoms. The van der Waals surface area contributed by atoms with Crippen LogP contribution in [0.25, 0.3) is 0 Å². The van der Waals surface area contributed by atoms with Crippen LogP contribution in [0.1, 0.15) is 72.6 Å². The van der Waals surface area contributed by atoms with Crippen molar-refractivity contribution in [3.05, 3.63) is 0 Å². The van der Waals surface area contributed by atoms with Crippen LogP contribution in [0.3, 0.4) is 0 Å². The van der Waals surface area contributed by atoms with Crippen molar-refractivity contribution >= 4 is 11.9 Å². The van der Waals surface area contributed by atoms with Gasteiger partial charge in [-0.1, -0.05) is 33.1 Å². The molecule has 0 bridgehead atoms. The lowest BCUT2D eigenvalue weighted by Gasteiger charge is -2.35. The second-order valence-electron chi connectivity index (χ2n) is 7.37. The number of unbranched alkanes of at least 4 members (excludes halogenated alkanes) is 1. The van der Waals surface area contributed by atoms with E-state index in [1.165, 1.54) is 39.2 Å². The third-order valence-corrected chi connectivity index (χ3v) is 5.14. The topological polar surface area (TPSA) is 46.6 Å². The Kier molecular flexibility index (Phi) is 8.64. The minimum Gasteiger partial charge on any atom is -0.469 e. The van der Waals surface area contributed by atoms with Crippen LogP contribution < -0.4 is 0 Å². The van der Waals surface area contributed by atoms with Crippen LogP contribution in [0.4, 0.5) is 0 Å². The van der Waals surface area contributed by atoms with E-state index in [0.717, 1.165) is 18.8 Å². The zero-order valence-electron chi connectivity index (χ0n) is 15.6. The zero-order valence-corrected chi connectivity index (χ0v) is 15.6. The van der Waals surface area contributed by atoms with Gasteiger partial charge in [0.1, 0.15) is 0 Å². The van der Waals surface area contributed by atoms with Crippen molar-refractivity contribution in [2.45, 2.75) is 78.7 Å². The Morgan fingerprint density at radius 3 is 2.22 bits per heavy atom. The molecule has 0 aliphatic heterocycles. The molecule has 1 aliphatic carbocycles. The Morgan fingerprint density at radius 1 is 1.13 bits per heavy atom. The largest absolute Gasteiger partial charge is 0.469 e. The van der Waals surface area contributed by atoms with Crippen LogP contribution in [-0.4, -0.2) is 36.5 Å². The van der Waals surface area contributed by atoms with Crippen molar-refractivity contribution in [2.75, 3.05) is 13.7 Å². The number of ether oxygens (including phenoxy) is 1. The van der Waals surface area contributed by atoms with Gasteiger partial charge in [0.2, 0.25) is 5.91 Å². The summed E-state index contributed by atoms with van der Waals surface area (Å²) in [6.07, 6.45) is 8.23. The highest BCUT2D eigenvalue weighted by Gasteiger charge is 2.32. The number of carbonyl (C=O) groups is 2. The Balaban J connectivity index is 2.57. The molecular formula is C19H35NO3. The average molecular weight is 325 g/mol. The monoisotopic (exact) mass is 325 g/mol. The summed E-state index contributed by atoms with van der Waals surface area (Å²) in [6, 6.07) is 0.118. The molecule has 4 heteroatoms. The summed E-state index contributed by atoms with van der Waals surface area (Å²) in [5, 5.41) is 0. The van der Waals surface area contributed by atoms with E-state index < -0.39 is 0 Å². The van der Waals surface area contributed by atoms with Gasteiger partial charge in [0, 0.05) is 18.5 Å². The number of hydrogen-bond donors (Lipinski definition) is 0. The molecule has 0 aromatic rings.